The smallest absolute Gasteiger partial charge is 0.0737 e. The van der Waals surface area contributed by atoms with E-state index in [-0.39, 0.29) is 0 Å². The SMILES string of the molecule is Clc1ccc2c(N(CC3CCCN3)C3CC3)ccnc2c1. The molecule has 4 rings (SSSR count). The second kappa shape index (κ2) is 5.47. The van der Waals surface area contributed by atoms with Crippen LogP contribution < -0.4 is 10.2 Å². The topological polar surface area (TPSA) is 28.2 Å². The Labute approximate surface area is 130 Å². The molecule has 2 aromatic rings. The number of benzene rings is 1. The van der Waals surface area contributed by atoms with E-state index in [9.17, 15) is 0 Å². The van der Waals surface area contributed by atoms with Gasteiger partial charge in [-0.05, 0) is 56.5 Å². The molecule has 4 heteroatoms. The summed E-state index contributed by atoms with van der Waals surface area (Å²) in [7, 11) is 0. The van der Waals surface area contributed by atoms with Crippen LogP contribution in [0.15, 0.2) is 30.5 Å². The highest BCUT2D eigenvalue weighted by Crippen LogP contribution is 2.36. The number of nitrogens with one attached hydrogen (secondary N) is 1. The van der Waals surface area contributed by atoms with E-state index in [0.717, 1.165) is 23.6 Å². The Kier molecular flexibility index (Phi) is 3.48. The van der Waals surface area contributed by atoms with Crippen molar-refractivity contribution in [3.05, 3.63) is 35.5 Å². The van der Waals surface area contributed by atoms with Crippen molar-refractivity contribution in [3.63, 3.8) is 0 Å². The fourth-order valence-electron chi connectivity index (χ4n) is 3.34. The van der Waals surface area contributed by atoms with Crippen LogP contribution in [0.3, 0.4) is 0 Å². The highest BCUT2D eigenvalue weighted by Gasteiger charge is 2.32. The highest BCUT2D eigenvalue weighted by molar-refractivity contribution is 6.31. The van der Waals surface area contributed by atoms with Gasteiger partial charge in [0.15, 0.2) is 0 Å². The summed E-state index contributed by atoms with van der Waals surface area (Å²) in [5.41, 5.74) is 2.30. The second-order valence-corrected chi connectivity index (χ2v) is 6.60. The molecular weight excluding hydrogens is 282 g/mol. The van der Waals surface area contributed by atoms with Gasteiger partial charge in [0.2, 0.25) is 0 Å². The molecule has 1 aliphatic heterocycles. The average Bonchev–Trinajstić information content (AvgIpc) is 3.21. The number of anilines is 1. The zero-order chi connectivity index (χ0) is 14.2. The quantitative estimate of drug-likeness (QED) is 0.935. The third kappa shape index (κ3) is 2.72. The molecule has 1 saturated heterocycles. The van der Waals surface area contributed by atoms with Crippen molar-refractivity contribution < 1.29 is 0 Å². The summed E-state index contributed by atoms with van der Waals surface area (Å²) in [6.07, 6.45) is 7.12. The minimum absolute atomic E-state index is 0.626. The number of pyridine rings is 1. The van der Waals surface area contributed by atoms with Crippen LogP contribution in [0.2, 0.25) is 5.02 Å². The molecule has 0 radical (unpaired) electrons. The van der Waals surface area contributed by atoms with Crippen molar-refractivity contribution in [1.82, 2.24) is 10.3 Å². The summed E-state index contributed by atoms with van der Waals surface area (Å²) >= 11 is 6.10. The van der Waals surface area contributed by atoms with Gasteiger partial charge in [0, 0.05) is 40.9 Å². The lowest BCUT2D eigenvalue weighted by Crippen LogP contribution is -2.39. The van der Waals surface area contributed by atoms with Gasteiger partial charge in [0.05, 0.1) is 5.52 Å². The second-order valence-electron chi connectivity index (χ2n) is 6.17. The third-order valence-electron chi connectivity index (χ3n) is 4.56. The number of hydrogen-bond donors (Lipinski definition) is 1. The number of hydrogen-bond acceptors (Lipinski definition) is 3. The number of halogens is 1. The Balaban J connectivity index is 1.71. The van der Waals surface area contributed by atoms with Crippen LogP contribution in [0.4, 0.5) is 5.69 Å². The Morgan fingerprint density at radius 2 is 2.14 bits per heavy atom. The molecule has 110 valence electrons. The maximum absolute atomic E-state index is 6.10. The summed E-state index contributed by atoms with van der Waals surface area (Å²) in [6, 6.07) is 9.52. The Hall–Kier alpha value is -1.32. The molecule has 0 amide bonds. The van der Waals surface area contributed by atoms with E-state index >= 15 is 0 Å². The minimum atomic E-state index is 0.626. The van der Waals surface area contributed by atoms with Crippen molar-refractivity contribution in [2.45, 2.75) is 37.8 Å². The summed E-state index contributed by atoms with van der Waals surface area (Å²) < 4.78 is 0. The molecular formula is C17H20ClN3. The molecule has 0 bridgehead atoms. The molecule has 1 aromatic heterocycles. The molecule has 1 aliphatic carbocycles. The predicted molar refractivity (Wildman–Crippen MR) is 88.1 cm³/mol. The van der Waals surface area contributed by atoms with Crippen LogP contribution in [-0.4, -0.2) is 30.2 Å². The fourth-order valence-corrected chi connectivity index (χ4v) is 3.50. The predicted octanol–water partition coefficient (Wildman–Crippen LogP) is 3.61. The third-order valence-corrected chi connectivity index (χ3v) is 4.79. The van der Waals surface area contributed by atoms with E-state index in [0.29, 0.717) is 12.1 Å². The highest BCUT2D eigenvalue weighted by atomic mass is 35.5. The monoisotopic (exact) mass is 301 g/mol. The lowest BCUT2D eigenvalue weighted by molar-refractivity contribution is 0.579. The summed E-state index contributed by atoms with van der Waals surface area (Å²) in [6.45, 7) is 2.27. The van der Waals surface area contributed by atoms with Gasteiger partial charge in [-0.1, -0.05) is 11.6 Å². The Morgan fingerprint density at radius 3 is 2.90 bits per heavy atom. The molecule has 1 atom stereocenters. The first-order valence-corrected chi connectivity index (χ1v) is 8.23. The van der Waals surface area contributed by atoms with Crippen LogP contribution in [-0.2, 0) is 0 Å². The molecule has 1 unspecified atom stereocenters. The fraction of sp³-hybridized carbons (Fsp3) is 0.471. The van der Waals surface area contributed by atoms with E-state index < -0.39 is 0 Å². The largest absolute Gasteiger partial charge is 0.366 e. The molecule has 1 saturated carbocycles. The van der Waals surface area contributed by atoms with Crippen molar-refractivity contribution >= 4 is 28.2 Å². The zero-order valence-corrected chi connectivity index (χ0v) is 12.8. The first-order valence-electron chi connectivity index (χ1n) is 7.85. The lowest BCUT2D eigenvalue weighted by Gasteiger charge is -2.29. The first-order chi connectivity index (χ1) is 10.3. The maximum Gasteiger partial charge on any atom is 0.0737 e. The molecule has 2 fully saturated rings. The van der Waals surface area contributed by atoms with Crippen LogP contribution in [0.1, 0.15) is 25.7 Å². The minimum Gasteiger partial charge on any atom is -0.366 e. The number of aromatic nitrogens is 1. The van der Waals surface area contributed by atoms with E-state index in [4.69, 9.17) is 11.6 Å². The molecule has 21 heavy (non-hydrogen) atoms. The van der Waals surface area contributed by atoms with Crippen molar-refractivity contribution in [2.75, 3.05) is 18.0 Å². The van der Waals surface area contributed by atoms with Gasteiger partial charge in [-0.15, -0.1) is 0 Å². The van der Waals surface area contributed by atoms with Crippen molar-refractivity contribution in [3.8, 4) is 0 Å². The number of nitrogens with zero attached hydrogens (tertiary/aromatic N) is 2. The average molecular weight is 302 g/mol. The molecule has 1 aromatic carbocycles. The molecule has 2 aliphatic rings. The Bertz CT molecular complexity index is 648. The van der Waals surface area contributed by atoms with Gasteiger partial charge in [-0.3, -0.25) is 4.98 Å². The van der Waals surface area contributed by atoms with Gasteiger partial charge in [-0.2, -0.15) is 0 Å². The van der Waals surface area contributed by atoms with Crippen LogP contribution >= 0.6 is 11.6 Å². The molecule has 2 heterocycles. The maximum atomic E-state index is 6.10. The summed E-state index contributed by atoms with van der Waals surface area (Å²) in [4.78, 5) is 7.05. The summed E-state index contributed by atoms with van der Waals surface area (Å²) in [5.74, 6) is 0. The van der Waals surface area contributed by atoms with Crippen molar-refractivity contribution in [1.29, 1.82) is 0 Å². The Morgan fingerprint density at radius 1 is 1.24 bits per heavy atom. The van der Waals surface area contributed by atoms with E-state index in [1.807, 2.05) is 18.3 Å². The van der Waals surface area contributed by atoms with Gasteiger partial charge in [-0.25, -0.2) is 0 Å². The van der Waals surface area contributed by atoms with Crippen molar-refractivity contribution in [2.24, 2.45) is 0 Å². The first kappa shape index (κ1) is 13.4. The van der Waals surface area contributed by atoms with Gasteiger partial charge in [0.25, 0.3) is 0 Å². The van der Waals surface area contributed by atoms with Gasteiger partial charge >= 0.3 is 0 Å². The van der Waals surface area contributed by atoms with E-state index in [1.54, 1.807) is 0 Å². The van der Waals surface area contributed by atoms with Gasteiger partial charge < -0.3 is 10.2 Å². The zero-order valence-electron chi connectivity index (χ0n) is 12.1. The van der Waals surface area contributed by atoms with Crippen LogP contribution in [0.25, 0.3) is 10.9 Å². The van der Waals surface area contributed by atoms with Crippen LogP contribution in [0.5, 0.6) is 0 Å². The number of rotatable bonds is 4. The normalized spacial score (nSPS) is 21.9. The van der Waals surface area contributed by atoms with Crippen LogP contribution in [0, 0.1) is 0 Å². The number of fused-ring (bicyclic) bond motifs is 1. The standard InChI is InChI=1S/C17H20ClN3/c18-12-3-6-15-16(10-12)20-9-7-17(15)21(14-4-5-14)11-13-2-1-8-19-13/h3,6-7,9-10,13-14,19H,1-2,4-5,8,11H2. The molecule has 0 spiro atoms. The van der Waals surface area contributed by atoms with E-state index in [1.165, 1.54) is 36.8 Å². The lowest BCUT2D eigenvalue weighted by atomic mass is 10.1. The van der Waals surface area contributed by atoms with Gasteiger partial charge in [0.1, 0.15) is 0 Å². The summed E-state index contributed by atoms with van der Waals surface area (Å²) in [5, 5.41) is 5.59. The van der Waals surface area contributed by atoms with E-state index in [2.05, 4.69) is 27.3 Å². The molecule has 1 N–H and O–H groups in total. The molecule has 3 nitrogen and oxygen atoms in total.